The summed E-state index contributed by atoms with van der Waals surface area (Å²) >= 11 is 3.23. The predicted molar refractivity (Wildman–Crippen MR) is 69.3 cm³/mol. The van der Waals surface area contributed by atoms with Crippen molar-refractivity contribution in [3.63, 3.8) is 0 Å². The third kappa shape index (κ3) is 8.39. The van der Waals surface area contributed by atoms with Crippen LogP contribution in [0.15, 0.2) is 0 Å². The molecule has 0 fully saturated rings. The molecule has 102 valence electrons. The molecule has 0 saturated heterocycles. The van der Waals surface area contributed by atoms with Crippen molar-refractivity contribution in [3.8, 4) is 0 Å². The van der Waals surface area contributed by atoms with Gasteiger partial charge in [0.2, 0.25) is 0 Å². The molecule has 6 nitrogen and oxygen atoms in total. The van der Waals surface area contributed by atoms with E-state index in [0.717, 1.165) is 0 Å². The number of nitrogens with one attached hydrogen (secondary N) is 2. The van der Waals surface area contributed by atoms with Gasteiger partial charge in [-0.05, 0) is 34.1 Å². The monoisotopic (exact) mass is 330 g/mol. The molecule has 0 atom stereocenters. The number of alkyl halides is 1. The summed E-state index contributed by atoms with van der Waals surface area (Å²) < 4.78 is 32.0. The van der Waals surface area contributed by atoms with Gasteiger partial charge < -0.3 is 4.74 Å². The lowest BCUT2D eigenvalue weighted by Gasteiger charge is -2.24. The van der Waals surface area contributed by atoms with Crippen LogP contribution in [-0.2, 0) is 14.9 Å². The van der Waals surface area contributed by atoms with Crippen LogP contribution in [0.2, 0.25) is 0 Å². The molecule has 0 spiro atoms. The zero-order valence-electron chi connectivity index (χ0n) is 10.4. The van der Waals surface area contributed by atoms with Gasteiger partial charge >= 0.3 is 16.3 Å². The van der Waals surface area contributed by atoms with E-state index in [0.29, 0.717) is 11.8 Å². The van der Waals surface area contributed by atoms with Crippen LogP contribution in [0.4, 0.5) is 4.79 Å². The van der Waals surface area contributed by atoms with Crippen molar-refractivity contribution in [1.29, 1.82) is 0 Å². The van der Waals surface area contributed by atoms with Crippen molar-refractivity contribution >= 4 is 32.2 Å². The summed E-state index contributed by atoms with van der Waals surface area (Å²) in [6.45, 7) is 6.71. The number of carbonyl (C=O) groups excluding carboxylic acids is 1. The van der Waals surface area contributed by atoms with Crippen LogP contribution in [0.1, 0.15) is 34.1 Å². The molecule has 8 heteroatoms. The smallest absolute Gasteiger partial charge is 0.422 e. The average molecular weight is 331 g/mol. The highest BCUT2D eigenvalue weighted by Gasteiger charge is 2.26. The van der Waals surface area contributed by atoms with Gasteiger partial charge in [-0.1, -0.05) is 15.9 Å². The number of hydrogen-bond acceptors (Lipinski definition) is 4. The summed E-state index contributed by atoms with van der Waals surface area (Å²) in [5.74, 6) is 0. The fourth-order valence-electron chi connectivity index (χ4n) is 1.02. The van der Waals surface area contributed by atoms with E-state index >= 15 is 0 Å². The molecule has 0 aromatic carbocycles. The first-order valence-corrected chi connectivity index (χ1v) is 7.77. The van der Waals surface area contributed by atoms with Crippen LogP contribution >= 0.6 is 15.9 Å². The quantitative estimate of drug-likeness (QED) is 0.723. The Hall–Kier alpha value is -0.340. The maximum atomic E-state index is 11.6. The lowest BCUT2D eigenvalue weighted by molar-refractivity contribution is 0.121. The molecule has 0 unspecified atom stereocenters. The normalized spacial score (nSPS) is 12.6. The standard InChI is InChI=1S/C9H19BrN2O4S/c1-7(2)16-8(13)11-17(14,15)12-9(3,4)5-6-10/h7,12H,5-6H2,1-4H3,(H,11,13). The minimum atomic E-state index is -3.90. The van der Waals surface area contributed by atoms with Crippen molar-refractivity contribution in [3.05, 3.63) is 0 Å². The van der Waals surface area contributed by atoms with Crippen LogP contribution in [0.3, 0.4) is 0 Å². The Bertz CT molecular complexity index is 354. The lowest BCUT2D eigenvalue weighted by atomic mass is 10.0. The van der Waals surface area contributed by atoms with Gasteiger partial charge in [0.15, 0.2) is 0 Å². The molecule has 0 radical (unpaired) electrons. The fourth-order valence-corrected chi connectivity index (χ4v) is 3.16. The summed E-state index contributed by atoms with van der Waals surface area (Å²) in [5, 5.41) is 0.652. The molecule has 0 aliphatic rings. The van der Waals surface area contributed by atoms with Crippen LogP contribution in [0, 0.1) is 0 Å². The topological polar surface area (TPSA) is 84.5 Å². The average Bonchev–Trinajstić information content (AvgIpc) is 1.96. The number of ether oxygens (including phenoxy) is 1. The Balaban J connectivity index is 4.45. The van der Waals surface area contributed by atoms with Gasteiger partial charge in [-0.25, -0.2) is 9.52 Å². The van der Waals surface area contributed by atoms with Gasteiger partial charge in [0.05, 0.1) is 6.10 Å². The molecule has 17 heavy (non-hydrogen) atoms. The third-order valence-electron chi connectivity index (χ3n) is 1.69. The second-order valence-corrected chi connectivity index (χ2v) is 6.69. The maximum absolute atomic E-state index is 11.6. The number of rotatable bonds is 6. The first-order chi connectivity index (χ1) is 7.58. The molecule has 0 aliphatic heterocycles. The number of hydrogen-bond donors (Lipinski definition) is 2. The van der Waals surface area contributed by atoms with E-state index in [1.807, 2.05) is 0 Å². The summed E-state index contributed by atoms with van der Waals surface area (Å²) in [7, 11) is -3.90. The summed E-state index contributed by atoms with van der Waals surface area (Å²) in [4.78, 5) is 11.2. The minimum Gasteiger partial charge on any atom is -0.446 e. The third-order valence-corrected chi connectivity index (χ3v) is 3.34. The molecular weight excluding hydrogens is 312 g/mol. The summed E-state index contributed by atoms with van der Waals surface area (Å²) in [6.07, 6.45) is -0.768. The number of halogens is 1. The molecule has 0 saturated carbocycles. The highest BCUT2D eigenvalue weighted by atomic mass is 79.9. The Morgan fingerprint density at radius 1 is 1.41 bits per heavy atom. The molecular formula is C9H19BrN2O4S. The van der Waals surface area contributed by atoms with Crippen molar-refractivity contribution in [2.45, 2.75) is 45.8 Å². The van der Waals surface area contributed by atoms with E-state index in [4.69, 9.17) is 0 Å². The van der Waals surface area contributed by atoms with Crippen LogP contribution in [0.25, 0.3) is 0 Å². The SMILES string of the molecule is CC(C)OC(=O)NS(=O)(=O)NC(C)(C)CCBr. The number of amides is 1. The van der Waals surface area contributed by atoms with Crippen molar-refractivity contribution in [1.82, 2.24) is 9.44 Å². The van der Waals surface area contributed by atoms with E-state index < -0.39 is 21.8 Å². The van der Waals surface area contributed by atoms with Crippen molar-refractivity contribution in [2.75, 3.05) is 5.33 Å². The van der Waals surface area contributed by atoms with E-state index in [9.17, 15) is 13.2 Å². The predicted octanol–water partition coefficient (Wildman–Crippen LogP) is 1.52. The van der Waals surface area contributed by atoms with Gasteiger partial charge in [0, 0.05) is 10.9 Å². The summed E-state index contributed by atoms with van der Waals surface area (Å²) in [5.41, 5.74) is -0.645. The van der Waals surface area contributed by atoms with E-state index in [2.05, 4.69) is 25.4 Å². The maximum Gasteiger partial charge on any atom is 0.422 e. The molecule has 1 amide bonds. The van der Waals surface area contributed by atoms with Crippen LogP contribution < -0.4 is 9.44 Å². The lowest BCUT2D eigenvalue weighted by Crippen LogP contribution is -2.50. The molecule has 0 aromatic heterocycles. The Kier molecular flexibility index (Phi) is 6.42. The van der Waals surface area contributed by atoms with Crippen LogP contribution in [0.5, 0.6) is 0 Å². The van der Waals surface area contributed by atoms with Crippen LogP contribution in [-0.4, -0.2) is 31.5 Å². The Morgan fingerprint density at radius 2 is 1.94 bits per heavy atom. The second kappa shape index (κ2) is 6.55. The number of carbonyl (C=O) groups is 1. The van der Waals surface area contributed by atoms with E-state index in [-0.39, 0.29) is 6.10 Å². The van der Waals surface area contributed by atoms with Gasteiger partial charge in [-0.15, -0.1) is 0 Å². The fraction of sp³-hybridized carbons (Fsp3) is 0.889. The zero-order valence-corrected chi connectivity index (χ0v) is 12.8. The molecule has 0 aliphatic carbocycles. The van der Waals surface area contributed by atoms with Gasteiger partial charge in [-0.2, -0.15) is 13.1 Å². The Labute approximate surface area is 111 Å². The minimum absolute atomic E-state index is 0.374. The van der Waals surface area contributed by atoms with Crippen molar-refractivity contribution in [2.24, 2.45) is 0 Å². The summed E-state index contributed by atoms with van der Waals surface area (Å²) in [6, 6.07) is 0. The van der Waals surface area contributed by atoms with E-state index in [1.54, 1.807) is 32.4 Å². The molecule has 0 heterocycles. The highest BCUT2D eigenvalue weighted by molar-refractivity contribution is 9.09. The molecule has 0 aromatic rings. The second-order valence-electron chi connectivity index (χ2n) is 4.48. The molecule has 0 bridgehead atoms. The Morgan fingerprint density at radius 3 is 2.35 bits per heavy atom. The first kappa shape index (κ1) is 16.7. The van der Waals surface area contributed by atoms with Gasteiger partial charge in [-0.3, -0.25) is 0 Å². The zero-order chi connectivity index (χ0) is 13.7. The first-order valence-electron chi connectivity index (χ1n) is 5.16. The van der Waals surface area contributed by atoms with Gasteiger partial charge in [0.25, 0.3) is 0 Å². The molecule has 0 rings (SSSR count). The van der Waals surface area contributed by atoms with Gasteiger partial charge in [0.1, 0.15) is 0 Å². The molecule has 2 N–H and O–H groups in total. The van der Waals surface area contributed by atoms with E-state index in [1.165, 1.54) is 0 Å². The van der Waals surface area contributed by atoms with Crippen molar-refractivity contribution < 1.29 is 17.9 Å². The largest absolute Gasteiger partial charge is 0.446 e. The highest BCUT2D eigenvalue weighted by Crippen LogP contribution is 2.11.